The Hall–Kier alpha value is -1.30. The van der Waals surface area contributed by atoms with E-state index in [-0.39, 0.29) is 0 Å². The Labute approximate surface area is 154 Å². The van der Waals surface area contributed by atoms with Crippen LogP contribution in [0.15, 0.2) is 30.3 Å². The van der Waals surface area contributed by atoms with Gasteiger partial charge in [-0.3, -0.25) is 4.90 Å². The highest BCUT2D eigenvalue weighted by atomic mass is 32.2. The first-order chi connectivity index (χ1) is 12.3. The lowest BCUT2D eigenvalue weighted by Crippen LogP contribution is -2.39. The van der Waals surface area contributed by atoms with Crippen molar-refractivity contribution in [3.63, 3.8) is 0 Å². The van der Waals surface area contributed by atoms with Gasteiger partial charge in [-0.05, 0) is 43.5 Å². The first kappa shape index (κ1) is 17.1. The fourth-order valence-electron chi connectivity index (χ4n) is 3.84. The van der Waals surface area contributed by atoms with Crippen molar-refractivity contribution in [2.45, 2.75) is 25.4 Å². The van der Waals surface area contributed by atoms with Gasteiger partial charge in [0.05, 0.1) is 18.7 Å². The molecule has 1 aromatic heterocycles. The second-order valence-corrected chi connectivity index (χ2v) is 8.25. The molecule has 3 heterocycles. The van der Waals surface area contributed by atoms with E-state index in [0.717, 1.165) is 44.2 Å². The molecule has 134 valence electrons. The number of ether oxygens (including phenoxy) is 1. The number of hydrogen-bond acceptors (Lipinski definition) is 5. The van der Waals surface area contributed by atoms with Crippen LogP contribution in [-0.2, 0) is 11.3 Å². The fourth-order valence-corrected chi connectivity index (χ4v) is 4.92. The van der Waals surface area contributed by atoms with E-state index < -0.39 is 0 Å². The van der Waals surface area contributed by atoms with Crippen molar-refractivity contribution in [3.05, 3.63) is 35.9 Å². The number of pyridine rings is 1. The first-order valence-electron chi connectivity index (χ1n) is 9.30. The molecular formula is C20H27N3OS. The number of anilines is 1. The van der Waals surface area contributed by atoms with Crippen molar-refractivity contribution in [2.24, 2.45) is 0 Å². The number of fused-ring (bicyclic) bond motifs is 1. The van der Waals surface area contributed by atoms with Crippen LogP contribution in [0.2, 0.25) is 0 Å². The molecule has 2 fully saturated rings. The lowest BCUT2D eigenvalue weighted by atomic mass is 10.1. The van der Waals surface area contributed by atoms with Gasteiger partial charge in [-0.1, -0.05) is 18.2 Å². The highest BCUT2D eigenvalue weighted by Crippen LogP contribution is 2.28. The smallest absolute Gasteiger partial charge is 0.133 e. The lowest BCUT2D eigenvalue weighted by molar-refractivity contribution is 0.122. The van der Waals surface area contributed by atoms with Crippen LogP contribution >= 0.6 is 11.8 Å². The highest BCUT2D eigenvalue weighted by molar-refractivity contribution is 7.99. The Bertz CT molecular complexity index is 711. The standard InChI is InChI=1S/C20H27N3OS/c1-22(18-6-12-25-13-7-18)15-17-14-16-4-2-3-5-19(16)21-20(17)23-8-10-24-11-9-23/h2-5,14,18H,6-13,15H2,1H3. The second-order valence-electron chi connectivity index (χ2n) is 7.02. The van der Waals surface area contributed by atoms with Crippen LogP contribution in [0.1, 0.15) is 18.4 Å². The molecule has 0 amide bonds. The van der Waals surface area contributed by atoms with Gasteiger partial charge in [-0.2, -0.15) is 11.8 Å². The summed E-state index contributed by atoms with van der Waals surface area (Å²) in [6.07, 6.45) is 2.60. The molecule has 2 aliphatic rings. The van der Waals surface area contributed by atoms with Gasteiger partial charge in [0.2, 0.25) is 0 Å². The van der Waals surface area contributed by atoms with Crippen LogP contribution in [-0.4, -0.2) is 60.8 Å². The number of thioether (sulfide) groups is 1. The molecule has 0 atom stereocenters. The van der Waals surface area contributed by atoms with E-state index in [9.17, 15) is 0 Å². The maximum atomic E-state index is 5.54. The minimum Gasteiger partial charge on any atom is -0.378 e. The summed E-state index contributed by atoms with van der Waals surface area (Å²) >= 11 is 2.09. The van der Waals surface area contributed by atoms with E-state index in [4.69, 9.17) is 9.72 Å². The Kier molecular flexibility index (Phi) is 5.44. The summed E-state index contributed by atoms with van der Waals surface area (Å²) in [4.78, 5) is 9.97. The average molecular weight is 358 g/mol. The monoisotopic (exact) mass is 357 g/mol. The van der Waals surface area contributed by atoms with Crippen molar-refractivity contribution in [3.8, 4) is 0 Å². The van der Waals surface area contributed by atoms with Gasteiger partial charge < -0.3 is 9.64 Å². The number of hydrogen-bond donors (Lipinski definition) is 0. The number of benzene rings is 1. The molecule has 0 spiro atoms. The third-order valence-corrected chi connectivity index (χ3v) is 6.37. The van der Waals surface area contributed by atoms with Gasteiger partial charge in [0.1, 0.15) is 5.82 Å². The quantitative estimate of drug-likeness (QED) is 0.836. The summed E-state index contributed by atoms with van der Waals surface area (Å²) in [5.41, 5.74) is 2.44. The second kappa shape index (κ2) is 7.94. The molecule has 0 saturated carbocycles. The van der Waals surface area contributed by atoms with Gasteiger partial charge in [-0.15, -0.1) is 0 Å². The highest BCUT2D eigenvalue weighted by Gasteiger charge is 2.22. The van der Waals surface area contributed by atoms with E-state index in [0.29, 0.717) is 6.04 Å². The summed E-state index contributed by atoms with van der Waals surface area (Å²) in [5, 5.41) is 1.24. The topological polar surface area (TPSA) is 28.6 Å². The molecule has 2 aromatic rings. The summed E-state index contributed by atoms with van der Waals surface area (Å²) in [6, 6.07) is 11.5. The molecular weight excluding hydrogens is 330 g/mol. The molecule has 4 rings (SSSR count). The molecule has 2 saturated heterocycles. The SMILES string of the molecule is CN(Cc1cc2ccccc2nc1N1CCOCC1)C1CCSCC1. The van der Waals surface area contributed by atoms with E-state index in [1.54, 1.807) is 0 Å². The molecule has 5 heteroatoms. The summed E-state index contributed by atoms with van der Waals surface area (Å²) < 4.78 is 5.54. The first-order valence-corrected chi connectivity index (χ1v) is 10.5. The Morgan fingerprint density at radius 3 is 2.76 bits per heavy atom. The summed E-state index contributed by atoms with van der Waals surface area (Å²) in [5.74, 6) is 3.74. The van der Waals surface area contributed by atoms with Crippen molar-refractivity contribution in [2.75, 3.05) is 49.8 Å². The number of nitrogens with zero attached hydrogens (tertiary/aromatic N) is 3. The van der Waals surface area contributed by atoms with Gasteiger partial charge in [0.25, 0.3) is 0 Å². The number of aromatic nitrogens is 1. The molecule has 0 bridgehead atoms. The number of rotatable bonds is 4. The Balaban J connectivity index is 1.64. The molecule has 0 unspecified atom stereocenters. The van der Waals surface area contributed by atoms with Gasteiger partial charge in [-0.25, -0.2) is 4.98 Å². The largest absolute Gasteiger partial charge is 0.378 e. The zero-order valence-corrected chi connectivity index (χ0v) is 15.8. The molecule has 2 aliphatic heterocycles. The molecule has 25 heavy (non-hydrogen) atoms. The van der Waals surface area contributed by atoms with Crippen LogP contribution in [0, 0.1) is 0 Å². The molecule has 4 nitrogen and oxygen atoms in total. The summed E-state index contributed by atoms with van der Waals surface area (Å²) in [6.45, 7) is 4.43. The third kappa shape index (κ3) is 3.94. The van der Waals surface area contributed by atoms with Crippen molar-refractivity contribution >= 4 is 28.5 Å². The van der Waals surface area contributed by atoms with Crippen LogP contribution in [0.5, 0.6) is 0 Å². The van der Waals surface area contributed by atoms with Crippen molar-refractivity contribution in [1.29, 1.82) is 0 Å². The van der Waals surface area contributed by atoms with Gasteiger partial charge in [0.15, 0.2) is 0 Å². The van der Waals surface area contributed by atoms with E-state index in [1.165, 1.54) is 35.3 Å². The maximum absolute atomic E-state index is 5.54. The molecule has 1 aromatic carbocycles. The predicted molar refractivity (Wildman–Crippen MR) is 107 cm³/mol. The maximum Gasteiger partial charge on any atom is 0.133 e. The van der Waals surface area contributed by atoms with Crippen LogP contribution in [0.4, 0.5) is 5.82 Å². The van der Waals surface area contributed by atoms with Crippen molar-refractivity contribution < 1.29 is 4.74 Å². The number of morpholine rings is 1. The Morgan fingerprint density at radius 2 is 1.96 bits per heavy atom. The van der Waals surface area contributed by atoms with Crippen LogP contribution in [0.3, 0.4) is 0 Å². The third-order valence-electron chi connectivity index (χ3n) is 5.32. The van der Waals surface area contributed by atoms with Crippen LogP contribution in [0.25, 0.3) is 10.9 Å². The normalized spacial score (nSPS) is 19.7. The zero-order chi connectivity index (χ0) is 17.1. The number of para-hydroxylation sites is 1. The molecule has 0 aliphatic carbocycles. The molecule has 0 N–H and O–H groups in total. The van der Waals surface area contributed by atoms with Gasteiger partial charge in [0, 0.05) is 36.6 Å². The van der Waals surface area contributed by atoms with Crippen molar-refractivity contribution in [1.82, 2.24) is 9.88 Å². The average Bonchev–Trinajstić information content (AvgIpc) is 2.69. The minimum atomic E-state index is 0.699. The van der Waals surface area contributed by atoms with Gasteiger partial charge >= 0.3 is 0 Å². The lowest BCUT2D eigenvalue weighted by Gasteiger charge is -2.34. The summed E-state index contributed by atoms with van der Waals surface area (Å²) in [7, 11) is 2.28. The van der Waals surface area contributed by atoms with Crippen LogP contribution < -0.4 is 4.90 Å². The molecule has 0 radical (unpaired) electrons. The fraction of sp³-hybridized carbons (Fsp3) is 0.550. The van der Waals surface area contributed by atoms with E-state index >= 15 is 0 Å². The van der Waals surface area contributed by atoms with E-state index in [1.807, 2.05) is 0 Å². The van der Waals surface area contributed by atoms with E-state index in [2.05, 4.69) is 58.9 Å². The minimum absolute atomic E-state index is 0.699. The predicted octanol–water partition coefficient (Wildman–Crippen LogP) is 3.40. The zero-order valence-electron chi connectivity index (χ0n) is 15.0. The Morgan fingerprint density at radius 1 is 1.20 bits per heavy atom.